The van der Waals surface area contributed by atoms with E-state index in [4.69, 9.17) is 4.74 Å². The molecule has 21 heavy (non-hydrogen) atoms. The lowest BCUT2D eigenvalue weighted by Crippen LogP contribution is -1.97. The van der Waals surface area contributed by atoms with Crippen LogP contribution in [0.4, 0.5) is 11.4 Å². The molecular weight excluding hydrogens is 268 g/mol. The highest BCUT2D eigenvalue weighted by molar-refractivity contribution is 5.61. The Morgan fingerprint density at radius 3 is 2.05 bits per heavy atom. The first-order chi connectivity index (χ1) is 10.3. The van der Waals surface area contributed by atoms with Gasteiger partial charge in [0.1, 0.15) is 5.75 Å². The zero-order valence-corrected chi connectivity index (χ0v) is 12.3. The normalized spacial score (nSPS) is 9.57. The summed E-state index contributed by atoms with van der Waals surface area (Å²) < 4.78 is 5.61. The van der Waals surface area contributed by atoms with Crippen LogP contribution in [0.5, 0.6) is 5.75 Å². The minimum atomic E-state index is 0.361. The van der Waals surface area contributed by atoms with Crippen molar-refractivity contribution in [3.05, 3.63) is 18.2 Å². The van der Waals surface area contributed by atoms with Crippen molar-refractivity contribution in [2.75, 3.05) is 6.61 Å². The summed E-state index contributed by atoms with van der Waals surface area (Å²) in [4.78, 5) is 27.6. The number of benzene rings is 1. The van der Waals surface area contributed by atoms with Crippen LogP contribution in [0.1, 0.15) is 45.4 Å². The van der Waals surface area contributed by atoms with Gasteiger partial charge in [-0.2, -0.15) is 9.98 Å². The summed E-state index contributed by atoms with van der Waals surface area (Å²) >= 11 is 0. The summed E-state index contributed by atoms with van der Waals surface area (Å²) in [6.45, 7) is 2.78. The molecule has 0 aliphatic rings. The molecular formula is C16H20N2O3. The zero-order chi connectivity index (χ0) is 15.3. The molecule has 0 radical (unpaired) electrons. The molecule has 1 aromatic rings. The van der Waals surface area contributed by atoms with Crippen LogP contribution in [-0.2, 0) is 9.59 Å². The van der Waals surface area contributed by atoms with E-state index in [1.165, 1.54) is 43.9 Å². The molecule has 0 aliphatic heterocycles. The molecule has 0 unspecified atom stereocenters. The molecule has 0 bridgehead atoms. The molecule has 0 saturated heterocycles. The summed E-state index contributed by atoms with van der Waals surface area (Å²) in [5, 5.41) is 0. The Labute approximate surface area is 124 Å². The number of isocyanates is 2. The molecule has 0 saturated carbocycles. The molecule has 0 aromatic heterocycles. The van der Waals surface area contributed by atoms with Crippen molar-refractivity contribution in [1.82, 2.24) is 0 Å². The van der Waals surface area contributed by atoms with Crippen LogP contribution in [0.25, 0.3) is 0 Å². The minimum Gasteiger partial charge on any atom is -0.493 e. The Bertz CT molecular complexity index is 494. The quantitative estimate of drug-likeness (QED) is 0.365. The van der Waals surface area contributed by atoms with Crippen molar-refractivity contribution in [2.45, 2.75) is 45.4 Å². The van der Waals surface area contributed by atoms with Crippen molar-refractivity contribution in [1.29, 1.82) is 0 Å². The minimum absolute atomic E-state index is 0.361. The van der Waals surface area contributed by atoms with Gasteiger partial charge in [-0.1, -0.05) is 39.0 Å². The number of aliphatic imine (C=N–C) groups is 2. The van der Waals surface area contributed by atoms with E-state index in [0.717, 1.165) is 12.8 Å². The topological polar surface area (TPSA) is 68.1 Å². The third-order valence-electron chi connectivity index (χ3n) is 2.99. The van der Waals surface area contributed by atoms with Gasteiger partial charge in [-0.25, -0.2) is 9.59 Å². The second-order valence-electron chi connectivity index (χ2n) is 4.71. The largest absolute Gasteiger partial charge is 0.493 e. The molecule has 0 heterocycles. The highest BCUT2D eigenvalue weighted by atomic mass is 16.5. The van der Waals surface area contributed by atoms with E-state index in [0.29, 0.717) is 23.7 Å². The van der Waals surface area contributed by atoms with Gasteiger partial charge in [0.2, 0.25) is 12.2 Å². The van der Waals surface area contributed by atoms with E-state index in [2.05, 4.69) is 16.9 Å². The number of rotatable bonds is 10. The fourth-order valence-corrected chi connectivity index (χ4v) is 1.96. The van der Waals surface area contributed by atoms with Gasteiger partial charge in [0.15, 0.2) is 0 Å². The highest BCUT2D eigenvalue weighted by Crippen LogP contribution is 2.28. The number of nitrogens with zero attached hydrogens (tertiary/aromatic N) is 2. The lowest BCUT2D eigenvalue weighted by atomic mass is 10.1. The first-order valence-electron chi connectivity index (χ1n) is 7.23. The smallest absolute Gasteiger partial charge is 0.240 e. The average molecular weight is 288 g/mol. The van der Waals surface area contributed by atoms with Crippen LogP contribution < -0.4 is 4.74 Å². The van der Waals surface area contributed by atoms with Gasteiger partial charge in [0.05, 0.1) is 18.0 Å². The van der Waals surface area contributed by atoms with Crippen LogP contribution in [0.15, 0.2) is 28.2 Å². The summed E-state index contributed by atoms with van der Waals surface area (Å²) in [7, 11) is 0. The van der Waals surface area contributed by atoms with Gasteiger partial charge in [-0.3, -0.25) is 0 Å². The van der Waals surface area contributed by atoms with E-state index >= 15 is 0 Å². The molecule has 112 valence electrons. The second-order valence-corrected chi connectivity index (χ2v) is 4.71. The number of ether oxygens (including phenoxy) is 1. The number of hydrogen-bond acceptors (Lipinski definition) is 5. The summed E-state index contributed by atoms with van der Waals surface area (Å²) in [6.07, 6.45) is 10.0. The van der Waals surface area contributed by atoms with Gasteiger partial charge < -0.3 is 4.74 Å². The van der Waals surface area contributed by atoms with E-state index < -0.39 is 0 Å². The predicted molar refractivity (Wildman–Crippen MR) is 80.9 cm³/mol. The lowest BCUT2D eigenvalue weighted by molar-refractivity contribution is 0.304. The van der Waals surface area contributed by atoms with Gasteiger partial charge >= 0.3 is 0 Å². The van der Waals surface area contributed by atoms with Crippen molar-refractivity contribution < 1.29 is 14.3 Å². The third-order valence-corrected chi connectivity index (χ3v) is 2.99. The first-order valence-corrected chi connectivity index (χ1v) is 7.23. The van der Waals surface area contributed by atoms with Gasteiger partial charge in [0.25, 0.3) is 0 Å². The van der Waals surface area contributed by atoms with Crippen LogP contribution in [-0.4, -0.2) is 18.8 Å². The predicted octanol–water partition coefficient (Wildman–Crippen LogP) is 4.36. The summed E-state index contributed by atoms with van der Waals surface area (Å²) in [5.41, 5.74) is 0.721. The van der Waals surface area contributed by atoms with Gasteiger partial charge in [0, 0.05) is 12.1 Å². The van der Waals surface area contributed by atoms with Crippen molar-refractivity contribution >= 4 is 23.5 Å². The van der Waals surface area contributed by atoms with Crippen LogP contribution in [0.3, 0.4) is 0 Å². The second kappa shape index (κ2) is 10.6. The van der Waals surface area contributed by atoms with Gasteiger partial charge in [-0.05, 0) is 12.5 Å². The van der Waals surface area contributed by atoms with Crippen molar-refractivity contribution in [2.24, 2.45) is 9.98 Å². The maximum Gasteiger partial charge on any atom is 0.240 e. The number of hydrogen-bond donors (Lipinski definition) is 0. The average Bonchev–Trinajstić information content (AvgIpc) is 2.47. The zero-order valence-electron chi connectivity index (χ0n) is 12.3. The Morgan fingerprint density at radius 1 is 0.905 bits per heavy atom. The summed E-state index contributed by atoms with van der Waals surface area (Å²) in [6, 6.07) is 4.73. The molecule has 0 aliphatic carbocycles. The fraction of sp³-hybridized carbons (Fsp3) is 0.500. The Hall–Kier alpha value is -2.22. The Balaban J connectivity index is 2.49. The lowest BCUT2D eigenvalue weighted by Gasteiger charge is -2.07. The first kappa shape index (κ1) is 16.8. The maximum atomic E-state index is 10.3. The Morgan fingerprint density at radius 2 is 1.48 bits per heavy atom. The molecule has 0 spiro atoms. The van der Waals surface area contributed by atoms with Gasteiger partial charge in [-0.15, -0.1) is 0 Å². The van der Waals surface area contributed by atoms with Crippen LogP contribution in [0, 0.1) is 0 Å². The van der Waals surface area contributed by atoms with Crippen molar-refractivity contribution in [3.8, 4) is 5.75 Å². The summed E-state index contributed by atoms with van der Waals surface area (Å²) in [5.74, 6) is 0.536. The standard InChI is InChI=1S/C16H20N2O3/c1-2-3-4-5-6-7-8-21-16-10-14(17-12-19)9-15(11-16)18-13-20/h9-11H,2-8H2,1H3. The maximum absolute atomic E-state index is 10.3. The Kier molecular flexibility index (Phi) is 8.46. The number of unbranched alkanes of at least 4 members (excludes halogenated alkanes) is 5. The molecule has 1 aromatic carbocycles. The fourth-order valence-electron chi connectivity index (χ4n) is 1.96. The molecule has 5 nitrogen and oxygen atoms in total. The monoisotopic (exact) mass is 288 g/mol. The molecule has 0 fully saturated rings. The van der Waals surface area contributed by atoms with E-state index in [9.17, 15) is 9.59 Å². The molecule has 5 heteroatoms. The van der Waals surface area contributed by atoms with E-state index in [1.807, 2.05) is 0 Å². The van der Waals surface area contributed by atoms with E-state index in [-0.39, 0.29) is 0 Å². The molecule has 0 atom stereocenters. The highest BCUT2D eigenvalue weighted by Gasteiger charge is 2.01. The van der Waals surface area contributed by atoms with E-state index in [1.54, 1.807) is 12.1 Å². The third kappa shape index (κ3) is 7.21. The molecule has 0 amide bonds. The van der Waals surface area contributed by atoms with Crippen LogP contribution in [0.2, 0.25) is 0 Å². The van der Waals surface area contributed by atoms with Crippen LogP contribution >= 0.6 is 0 Å². The molecule has 0 N–H and O–H groups in total. The SMILES string of the molecule is CCCCCCCCOc1cc(N=C=O)cc(N=C=O)c1. The van der Waals surface area contributed by atoms with Crippen molar-refractivity contribution in [3.63, 3.8) is 0 Å². The molecule has 1 rings (SSSR count). The number of carbonyl (C=O) groups excluding carboxylic acids is 2.